The molecule has 3 rings (SSSR count). The number of ether oxygens (including phenoxy) is 1. The second-order valence-corrected chi connectivity index (χ2v) is 7.01. The number of nitro benzene ring substituents is 1. The van der Waals surface area contributed by atoms with Crippen molar-refractivity contribution in [3.8, 4) is 5.75 Å². The third-order valence-electron chi connectivity index (χ3n) is 4.67. The van der Waals surface area contributed by atoms with E-state index < -0.39 is 4.92 Å². The maximum atomic E-state index is 12.6. The van der Waals surface area contributed by atoms with Crippen LogP contribution in [-0.4, -0.2) is 20.6 Å². The van der Waals surface area contributed by atoms with E-state index in [0.717, 1.165) is 23.4 Å². The lowest BCUT2D eigenvalue weighted by molar-refractivity contribution is -0.386. The summed E-state index contributed by atoms with van der Waals surface area (Å²) >= 11 is 0. The maximum Gasteiger partial charge on any atom is 0.311 e. The summed E-state index contributed by atoms with van der Waals surface area (Å²) in [6.07, 6.45) is 1.88. The Labute approximate surface area is 174 Å². The zero-order valence-electron chi connectivity index (χ0n) is 17.2. The summed E-state index contributed by atoms with van der Waals surface area (Å²) in [5.41, 5.74) is 2.71. The van der Waals surface area contributed by atoms with E-state index in [9.17, 15) is 14.9 Å². The van der Waals surface area contributed by atoms with Crippen molar-refractivity contribution >= 4 is 11.6 Å². The number of nitrogens with one attached hydrogen (secondary N) is 1. The Kier molecular flexibility index (Phi) is 6.46. The number of benzene rings is 2. The lowest BCUT2D eigenvalue weighted by Gasteiger charge is -2.13. The van der Waals surface area contributed by atoms with E-state index in [1.165, 1.54) is 6.07 Å². The molecule has 1 aromatic heterocycles. The minimum Gasteiger partial charge on any atom is -0.482 e. The molecule has 0 aliphatic rings. The number of amides is 1. The van der Waals surface area contributed by atoms with Gasteiger partial charge in [0.05, 0.1) is 16.7 Å². The van der Waals surface area contributed by atoms with Gasteiger partial charge < -0.3 is 10.1 Å². The molecular formula is C22H24N4O4. The fourth-order valence-corrected chi connectivity index (χ4v) is 2.99. The second kappa shape index (κ2) is 9.21. The normalized spacial score (nSPS) is 11.7. The quantitative estimate of drug-likeness (QED) is 0.445. The molecule has 30 heavy (non-hydrogen) atoms. The molecule has 156 valence electrons. The van der Waals surface area contributed by atoms with Crippen LogP contribution < -0.4 is 10.1 Å². The Morgan fingerprint density at radius 2 is 2.07 bits per heavy atom. The van der Waals surface area contributed by atoms with Crippen molar-refractivity contribution in [3.63, 3.8) is 0 Å². The number of carbonyl (C=O) groups is 1. The molecule has 0 saturated carbocycles. The zero-order valence-corrected chi connectivity index (χ0v) is 17.2. The molecule has 3 aromatic rings. The van der Waals surface area contributed by atoms with Crippen LogP contribution in [0.15, 0.2) is 54.7 Å². The van der Waals surface area contributed by atoms with E-state index in [-0.39, 0.29) is 30.0 Å². The minimum absolute atomic E-state index is 0.0794. The predicted octanol–water partition coefficient (Wildman–Crippen LogP) is 4.19. The van der Waals surface area contributed by atoms with Crippen molar-refractivity contribution < 1.29 is 14.5 Å². The molecule has 1 heterocycles. The topological polar surface area (TPSA) is 99.3 Å². The van der Waals surface area contributed by atoms with Crippen molar-refractivity contribution in [2.24, 2.45) is 0 Å². The van der Waals surface area contributed by atoms with Gasteiger partial charge in [0.25, 0.3) is 5.91 Å². The summed E-state index contributed by atoms with van der Waals surface area (Å²) in [4.78, 5) is 23.4. The molecule has 0 spiro atoms. The molecule has 1 N–H and O–H groups in total. The first-order valence-electron chi connectivity index (χ1n) is 9.68. The number of carbonyl (C=O) groups excluding carboxylic acids is 1. The molecule has 0 saturated heterocycles. The number of hydrogen-bond donors (Lipinski definition) is 1. The second-order valence-electron chi connectivity index (χ2n) is 7.01. The molecule has 1 atom stereocenters. The summed E-state index contributed by atoms with van der Waals surface area (Å²) in [7, 11) is 0. The van der Waals surface area contributed by atoms with Gasteiger partial charge in [0.1, 0.15) is 6.61 Å². The highest BCUT2D eigenvalue weighted by molar-refractivity contribution is 5.94. The number of aryl methyl sites for hydroxylation is 2. The fourth-order valence-electron chi connectivity index (χ4n) is 2.99. The van der Waals surface area contributed by atoms with Crippen LogP contribution in [0.3, 0.4) is 0 Å². The Morgan fingerprint density at radius 1 is 1.27 bits per heavy atom. The number of nitrogens with zero attached hydrogens (tertiary/aromatic N) is 3. The van der Waals surface area contributed by atoms with Gasteiger partial charge in [0.2, 0.25) is 0 Å². The van der Waals surface area contributed by atoms with Crippen molar-refractivity contribution in [3.05, 3.63) is 87.2 Å². The minimum atomic E-state index is -0.465. The monoisotopic (exact) mass is 408 g/mol. The van der Waals surface area contributed by atoms with E-state index in [1.54, 1.807) is 41.9 Å². The SMILES string of the molecule is CCn1ccc(C(C)NC(=O)c2cccc(COc3ccc(C)cc3[N+](=O)[O-])c2)n1. The summed E-state index contributed by atoms with van der Waals surface area (Å²) < 4.78 is 7.46. The lowest BCUT2D eigenvalue weighted by Crippen LogP contribution is -2.27. The van der Waals surface area contributed by atoms with Gasteiger partial charge in [-0.25, -0.2) is 0 Å². The van der Waals surface area contributed by atoms with Crippen LogP contribution in [0.4, 0.5) is 5.69 Å². The first kappa shape index (κ1) is 21.0. The van der Waals surface area contributed by atoms with Crippen molar-refractivity contribution in [2.75, 3.05) is 0 Å². The summed E-state index contributed by atoms with van der Waals surface area (Å²) in [6.45, 7) is 6.54. The fraction of sp³-hybridized carbons (Fsp3) is 0.273. The third-order valence-corrected chi connectivity index (χ3v) is 4.67. The molecule has 8 nitrogen and oxygen atoms in total. The van der Waals surface area contributed by atoms with Crippen LogP contribution in [0.2, 0.25) is 0 Å². The molecule has 0 aliphatic heterocycles. The number of rotatable bonds is 8. The largest absolute Gasteiger partial charge is 0.482 e. The lowest BCUT2D eigenvalue weighted by atomic mass is 10.1. The number of aromatic nitrogens is 2. The van der Waals surface area contributed by atoms with Crippen LogP contribution in [0.25, 0.3) is 0 Å². The molecule has 0 fully saturated rings. The van der Waals surface area contributed by atoms with Crippen LogP contribution in [-0.2, 0) is 13.2 Å². The number of hydrogen-bond acceptors (Lipinski definition) is 5. The van der Waals surface area contributed by atoms with Crippen LogP contribution in [0.1, 0.15) is 47.1 Å². The van der Waals surface area contributed by atoms with Gasteiger partial charge in [-0.3, -0.25) is 19.6 Å². The van der Waals surface area contributed by atoms with Gasteiger partial charge in [-0.05, 0) is 56.2 Å². The van der Waals surface area contributed by atoms with E-state index in [2.05, 4.69) is 10.4 Å². The summed E-state index contributed by atoms with van der Waals surface area (Å²) in [5, 5.41) is 18.6. The highest BCUT2D eigenvalue weighted by Gasteiger charge is 2.16. The third kappa shape index (κ3) is 5.02. The van der Waals surface area contributed by atoms with Crippen molar-refractivity contribution in [1.82, 2.24) is 15.1 Å². The highest BCUT2D eigenvalue weighted by Crippen LogP contribution is 2.28. The van der Waals surface area contributed by atoms with Gasteiger partial charge in [-0.15, -0.1) is 0 Å². The first-order chi connectivity index (χ1) is 14.4. The van der Waals surface area contributed by atoms with Gasteiger partial charge >= 0.3 is 5.69 Å². The Balaban J connectivity index is 1.67. The van der Waals surface area contributed by atoms with Crippen LogP contribution in [0, 0.1) is 17.0 Å². The molecule has 1 amide bonds. The Morgan fingerprint density at radius 3 is 2.77 bits per heavy atom. The number of nitro groups is 1. The summed E-state index contributed by atoms with van der Waals surface area (Å²) in [6, 6.07) is 13.5. The van der Waals surface area contributed by atoms with Crippen LogP contribution >= 0.6 is 0 Å². The zero-order chi connectivity index (χ0) is 21.7. The van der Waals surface area contributed by atoms with E-state index in [0.29, 0.717) is 5.56 Å². The van der Waals surface area contributed by atoms with Gasteiger partial charge in [0, 0.05) is 24.4 Å². The summed E-state index contributed by atoms with van der Waals surface area (Å²) in [5.74, 6) is -0.0303. The average molecular weight is 408 g/mol. The molecule has 0 radical (unpaired) electrons. The van der Waals surface area contributed by atoms with Gasteiger partial charge in [-0.1, -0.05) is 18.2 Å². The van der Waals surface area contributed by atoms with Gasteiger partial charge in [-0.2, -0.15) is 5.10 Å². The first-order valence-corrected chi connectivity index (χ1v) is 9.68. The average Bonchev–Trinajstić information content (AvgIpc) is 3.22. The van der Waals surface area contributed by atoms with Crippen molar-refractivity contribution in [2.45, 2.75) is 40.0 Å². The molecule has 8 heteroatoms. The molecule has 2 aromatic carbocycles. The molecule has 0 aliphatic carbocycles. The van der Waals surface area contributed by atoms with Crippen LogP contribution in [0.5, 0.6) is 5.75 Å². The smallest absolute Gasteiger partial charge is 0.311 e. The Hall–Kier alpha value is -3.68. The standard InChI is InChI=1S/C22H24N4O4/c1-4-25-11-10-19(24-25)16(3)23-22(27)18-7-5-6-17(13-18)14-30-21-9-8-15(2)12-20(21)26(28)29/h5-13,16H,4,14H2,1-3H3,(H,23,27). The van der Waals surface area contributed by atoms with E-state index in [1.807, 2.05) is 32.2 Å². The van der Waals surface area contributed by atoms with Crippen molar-refractivity contribution in [1.29, 1.82) is 0 Å². The van der Waals surface area contributed by atoms with E-state index >= 15 is 0 Å². The molecular weight excluding hydrogens is 384 g/mol. The Bertz CT molecular complexity index is 1060. The molecule has 0 bridgehead atoms. The van der Waals surface area contributed by atoms with Gasteiger partial charge in [0.15, 0.2) is 5.75 Å². The predicted molar refractivity (Wildman–Crippen MR) is 112 cm³/mol. The van der Waals surface area contributed by atoms with E-state index in [4.69, 9.17) is 4.74 Å². The highest BCUT2D eigenvalue weighted by atomic mass is 16.6. The maximum absolute atomic E-state index is 12.6. The molecule has 1 unspecified atom stereocenters.